The molecule has 0 aliphatic heterocycles. The van der Waals surface area contributed by atoms with Gasteiger partial charge in [-0.1, -0.05) is 32.0 Å². The maximum absolute atomic E-state index is 13.5. The van der Waals surface area contributed by atoms with Crippen molar-refractivity contribution in [3.8, 4) is 0 Å². The Morgan fingerprint density at radius 1 is 0.854 bits per heavy atom. The third-order valence-electron chi connectivity index (χ3n) is 6.37. The molecule has 1 aromatic carbocycles. The van der Waals surface area contributed by atoms with E-state index in [-0.39, 0.29) is 31.6 Å². The highest BCUT2D eigenvalue weighted by Crippen LogP contribution is 2.19. The first-order valence-corrected chi connectivity index (χ1v) is 13.2. The van der Waals surface area contributed by atoms with E-state index in [1.54, 1.807) is 6.20 Å². The molecule has 0 radical (unpaired) electrons. The molecule has 0 saturated heterocycles. The van der Waals surface area contributed by atoms with Crippen LogP contribution in [0.25, 0.3) is 10.9 Å². The van der Waals surface area contributed by atoms with Gasteiger partial charge < -0.3 is 42.6 Å². The molecule has 2 aromatic rings. The van der Waals surface area contributed by atoms with Gasteiger partial charge in [-0.05, 0) is 36.8 Å². The van der Waals surface area contributed by atoms with E-state index < -0.39 is 66.2 Å². The van der Waals surface area contributed by atoms with Crippen LogP contribution in [0, 0.1) is 5.92 Å². The summed E-state index contributed by atoms with van der Waals surface area (Å²) in [4.78, 5) is 76.4. The van der Waals surface area contributed by atoms with Crippen molar-refractivity contribution < 1.29 is 39.0 Å². The largest absolute Gasteiger partial charge is 0.481 e. The van der Waals surface area contributed by atoms with Crippen LogP contribution in [0.15, 0.2) is 30.5 Å². The second-order valence-electron chi connectivity index (χ2n) is 10.3. The molecule has 4 unspecified atom stereocenters. The number of carbonyl (C=O) groups is 6. The molecule has 0 aliphatic rings. The standard InChI is InChI=1S/C27H38N6O8/c1-14(2)11-17(28)24(37)33-21(12-15-13-30-18-6-4-3-5-16(15)18)26(39)31-19(8-10-23(35)36)25(38)32-20(27(40)41)7-9-22(29)34/h3-6,13-14,17,19-21,30H,7-12,28H2,1-2H3,(H2,29,34)(H,31,39)(H,32,38)(H,33,37)(H,35,36)(H,40,41). The van der Waals surface area contributed by atoms with Gasteiger partial charge in [-0.25, -0.2) is 4.79 Å². The molecule has 224 valence electrons. The molecule has 4 atom stereocenters. The van der Waals surface area contributed by atoms with E-state index in [1.165, 1.54) is 0 Å². The molecular weight excluding hydrogens is 536 g/mol. The van der Waals surface area contributed by atoms with Gasteiger partial charge in [0.05, 0.1) is 6.04 Å². The Labute approximate surface area is 236 Å². The Bertz CT molecular complexity index is 1260. The number of carboxylic acids is 2. The average molecular weight is 575 g/mol. The lowest BCUT2D eigenvalue weighted by Crippen LogP contribution is -2.57. The minimum Gasteiger partial charge on any atom is -0.481 e. The van der Waals surface area contributed by atoms with Crippen molar-refractivity contribution in [1.82, 2.24) is 20.9 Å². The molecule has 4 amide bonds. The number of carboxylic acid groups (broad SMARTS) is 2. The van der Waals surface area contributed by atoms with Gasteiger partial charge in [0.25, 0.3) is 0 Å². The summed E-state index contributed by atoms with van der Waals surface area (Å²) in [6.07, 6.45) is 0.557. The number of hydrogen-bond acceptors (Lipinski definition) is 7. The number of amides is 4. The number of carbonyl (C=O) groups excluding carboxylic acids is 4. The summed E-state index contributed by atoms with van der Waals surface area (Å²) in [5.74, 6) is -5.69. The van der Waals surface area contributed by atoms with Crippen molar-refractivity contribution in [2.75, 3.05) is 0 Å². The van der Waals surface area contributed by atoms with Gasteiger partial charge >= 0.3 is 11.9 Å². The number of hydrogen-bond donors (Lipinski definition) is 8. The van der Waals surface area contributed by atoms with Crippen molar-refractivity contribution in [3.05, 3.63) is 36.0 Å². The Balaban J connectivity index is 2.31. The Morgan fingerprint density at radius 3 is 2.05 bits per heavy atom. The Kier molecular flexibility index (Phi) is 12.3. The van der Waals surface area contributed by atoms with Crippen molar-refractivity contribution in [1.29, 1.82) is 0 Å². The lowest BCUT2D eigenvalue weighted by atomic mass is 10.0. The van der Waals surface area contributed by atoms with Crippen LogP contribution in [-0.2, 0) is 35.2 Å². The van der Waals surface area contributed by atoms with Crippen LogP contribution in [-0.4, -0.2) is 74.9 Å². The zero-order valence-corrected chi connectivity index (χ0v) is 23.0. The van der Waals surface area contributed by atoms with Gasteiger partial charge in [0.15, 0.2) is 0 Å². The molecule has 0 fully saturated rings. The number of nitrogens with one attached hydrogen (secondary N) is 4. The molecule has 14 heteroatoms. The number of aromatic amines is 1. The van der Waals surface area contributed by atoms with Gasteiger partial charge in [0.1, 0.15) is 18.1 Å². The Hall–Kier alpha value is -4.46. The molecule has 0 aliphatic carbocycles. The highest BCUT2D eigenvalue weighted by atomic mass is 16.4. The first-order chi connectivity index (χ1) is 19.3. The van der Waals surface area contributed by atoms with E-state index in [2.05, 4.69) is 20.9 Å². The van der Waals surface area contributed by atoms with Crippen molar-refractivity contribution in [2.45, 2.75) is 76.5 Å². The van der Waals surface area contributed by atoms with Crippen LogP contribution in [0.3, 0.4) is 0 Å². The number of nitrogens with two attached hydrogens (primary N) is 2. The summed E-state index contributed by atoms with van der Waals surface area (Å²) in [6, 6.07) is 2.26. The number of H-pyrrole nitrogens is 1. The number of aromatic nitrogens is 1. The minimum atomic E-state index is -1.50. The van der Waals surface area contributed by atoms with Crippen LogP contribution in [0.1, 0.15) is 51.5 Å². The molecular formula is C27H38N6O8. The van der Waals surface area contributed by atoms with Crippen molar-refractivity contribution in [2.24, 2.45) is 17.4 Å². The zero-order valence-electron chi connectivity index (χ0n) is 23.0. The summed E-state index contributed by atoms with van der Waals surface area (Å²) in [7, 11) is 0. The summed E-state index contributed by atoms with van der Waals surface area (Å²) >= 11 is 0. The molecule has 0 bridgehead atoms. The SMILES string of the molecule is CC(C)CC(N)C(=O)NC(Cc1c[nH]c2ccccc12)C(=O)NC(CCC(=O)O)C(=O)NC(CCC(N)=O)C(=O)O. The summed E-state index contributed by atoms with van der Waals surface area (Å²) in [5, 5.41) is 26.7. The van der Waals surface area contributed by atoms with Gasteiger partial charge in [-0.3, -0.25) is 24.0 Å². The Morgan fingerprint density at radius 2 is 1.44 bits per heavy atom. The van der Waals surface area contributed by atoms with Crippen LogP contribution in [0.2, 0.25) is 0 Å². The summed E-state index contributed by atoms with van der Waals surface area (Å²) < 4.78 is 0. The predicted octanol–water partition coefficient (Wildman–Crippen LogP) is -0.247. The number of rotatable bonds is 17. The lowest BCUT2D eigenvalue weighted by molar-refractivity contribution is -0.143. The molecule has 0 spiro atoms. The monoisotopic (exact) mass is 574 g/mol. The molecule has 14 nitrogen and oxygen atoms in total. The molecule has 2 rings (SSSR count). The number of primary amides is 1. The van der Waals surface area contributed by atoms with E-state index in [0.29, 0.717) is 12.0 Å². The predicted molar refractivity (Wildman–Crippen MR) is 148 cm³/mol. The molecule has 1 heterocycles. The summed E-state index contributed by atoms with van der Waals surface area (Å²) in [5.41, 5.74) is 12.6. The average Bonchev–Trinajstić information content (AvgIpc) is 3.30. The van der Waals surface area contributed by atoms with Gasteiger partial charge in [0, 0.05) is 36.4 Å². The second-order valence-corrected chi connectivity index (χ2v) is 10.3. The van der Waals surface area contributed by atoms with Crippen LogP contribution >= 0.6 is 0 Å². The van der Waals surface area contributed by atoms with Gasteiger partial charge in [0.2, 0.25) is 23.6 Å². The fraction of sp³-hybridized carbons (Fsp3) is 0.481. The van der Waals surface area contributed by atoms with E-state index in [0.717, 1.165) is 10.9 Å². The van der Waals surface area contributed by atoms with Gasteiger partial charge in [-0.2, -0.15) is 0 Å². The second kappa shape index (κ2) is 15.4. The smallest absolute Gasteiger partial charge is 0.326 e. The fourth-order valence-electron chi connectivity index (χ4n) is 4.25. The molecule has 1 aromatic heterocycles. The maximum atomic E-state index is 13.5. The normalized spacial score (nSPS) is 14.0. The fourth-order valence-corrected chi connectivity index (χ4v) is 4.25. The van der Waals surface area contributed by atoms with Gasteiger partial charge in [-0.15, -0.1) is 0 Å². The van der Waals surface area contributed by atoms with E-state index in [1.807, 2.05) is 38.1 Å². The number of benzene rings is 1. The van der Waals surface area contributed by atoms with E-state index in [9.17, 15) is 33.9 Å². The third kappa shape index (κ3) is 10.6. The topological polar surface area (TPSA) is 247 Å². The molecule has 10 N–H and O–H groups in total. The third-order valence-corrected chi connectivity index (χ3v) is 6.37. The zero-order chi connectivity index (χ0) is 30.7. The van der Waals surface area contributed by atoms with Crippen LogP contribution in [0.5, 0.6) is 0 Å². The first kappa shape index (κ1) is 32.8. The first-order valence-electron chi connectivity index (χ1n) is 13.2. The quantitative estimate of drug-likeness (QED) is 0.124. The summed E-state index contributed by atoms with van der Waals surface area (Å²) in [6.45, 7) is 3.78. The minimum absolute atomic E-state index is 0.0135. The number of aliphatic carboxylic acids is 2. The highest BCUT2D eigenvalue weighted by Gasteiger charge is 2.31. The van der Waals surface area contributed by atoms with E-state index >= 15 is 0 Å². The molecule has 0 saturated carbocycles. The highest BCUT2D eigenvalue weighted by molar-refractivity contribution is 5.95. The van der Waals surface area contributed by atoms with E-state index in [4.69, 9.17) is 16.6 Å². The molecule has 41 heavy (non-hydrogen) atoms. The maximum Gasteiger partial charge on any atom is 0.326 e. The van der Waals surface area contributed by atoms with Crippen molar-refractivity contribution >= 4 is 46.5 Å². The number of para-hydroxylation sites is 1. The van der Waals surface area contributed by atoms with Crippen molar-refractivity contribution in [3.63, 3.8) is 0 Å². The van der Waals surface area contributed by atoms with Crippen LogP contribution in [0.4, 0.5) is 0 Å². The lowest BCUT2D eigenvalue weighted by Gasteiger charge is -2.25. The number of fused-ring (bicyclic) bond motifs is 1. The van der Waals surface area contributed by atoms with Crippen LogP contribution < -0.4 is 27.4 Å².